The Morgan fingerprint density at radius 1 is 1.41 bits per heavy atom. The minimum Gasteiger partial charge on any atom is -0.472 e. The maximum absolute atomic E-state index is 13.1. The number of ether oxygens (including phenoxy) is 1. The molecule has 7 heteroatoms. The predicted octanol–water partition coefficient (Wildman–Crippen LogP) is 2.56. The molecule has 22 heavy (non-hydrogen) atoms. The number of carbonyl (C=O) groups excluding carboxylic acids is 1. The summed E-state index contributed by atoms with van der Waals surface area (Å²) in [7, 11) is 0. The number of hydrogen-bond donors (Lipinski definition) is 0. The molecule has 2 aromatic rings. The van der Waals surface area contributed by atoms with E-state index in [1.54, 1.807) is 17.2 Å². The summed E-state index contributed by atoms with van der Waals surface area (Å²) in [5, 5.41) is 0.116. The van der Waals surface area contributed by atoms with Crippen molar-refractivity contribution in [1.82, 2.24) is 14.9 Å². The minimum absolute atomic E-state index is 0.116. The maximum Gasteiger partial charge on any atom is 0.255 e. The van der Waals surface area contributed by atoms with Crippen LogP contribution >= 0.6 is 11.6 Å². The average Bonchev–Trinajstić information content (AvgIpc) is 2.96. The van der Waals surface area contributed by atoms with Gasteiger partial charge in [-0.15, -0.1) is 0 Å². The van der Waals surface area contributed by atoms with Gasteiger partial charge in [0.1, 0.15) is 18.2 Å². The molecule has 0 N–H and O–H groups in total. The summed E-state index contributed by atoms with van der Waals surface area (Å²) in [4.78, 5) is 21.9. The Kier molecular flexibility index (Phi) is 4.20. The van der Waals surface area contributed by atoms with Gasteiger partial charge in [0.15, 0.2) is 0 Å². The first-order chi connectivity index (χ1) is 10.6. The smallest absolute Gasteiger partial charge is 0.255 e. The van der Waals surface area contributed by atoms with Crippen LogP contribution in [0.2, 0.25) is 5.02 Å². The molecule has 1 atom stereocenters. The van der Waals surface area contributed by atoms with Crippen molar-refractivity contribution in [3.8, 4) is 5.88 Å². The van der Waals surface area contributed by atoms with E-state index in [9.17, 15) is 9.18 Å². The van der Waals surface area contributed by atoms with Crippen LogP contribution < -0.4 is 4.74 Å². The number of nitrogens with zero attached hydrogens (tertiary/aromatic N) is 3. The van der Waals surface area contributed by atoms with E-state index in [0.717, 1.165) is 6.07 Å². The summed E-state index contributed by atoms with van der Waals surface area (Å²) >= 11 is 5.93. The summed E-state index contributed by atoms with van der Waals surface area (Å²) < 4.78 is 18.8. The maximum atomic E-state index is 13.1. The lowest BCUT2D eigenvalue weighted by atomic mass is 10.2. The third-order valence-corrected chi connectivity index (χ3v) is 3.75. The van der Waals surface area contributed by atoms with Crippen LogP contribution in [0.1, 0.15) is 16.8 Å². The van der Waals surface area contributed by atoms with Gasteiger partial charge < -0.3 is 9.64 Å². The first kappa shape index (κ1) is 14.7. The summed E-state index contributed by atoms with van der Waals surface area (Å²) in [5.41, 5.74) is 0.297. The van der Waals surface area contributed by atoms with Crippen molar-refractivity contribution in [3.63, 3.8) is 0 Å². The summed E-state index contributed by atoms with van der Waals surface area (Å²) in [5.74, 6) is -0.208. The Morgan fingerprint density at radius 3 is 3.00 bits per heavy atom. The molecule has 3 rings (SSSR count). The van der Waals surface area contributed by atoms with Gasteiger partial charge in [0.2, 0.25) is 5.88 Å². The normalized spacial score (nSPS) is 17.5. The number of benzene rings is 1. The minimum atomic E-state index is -0.465. The lowest BCUT2D eigenvalue weighted by Gasteiger charge is -2.17. The van der Waals surface area contributed by atoms with Gasteiger partial charge in [-0.3, -0.25) is 4.79 Å². The van der Waals surface area contributed by atoms with Crippen molar-refractivity contribution in [3.05, 3.63) is 53.2 Å². The quantitative estimate of drug-likeness (QED) is 0.872. The van der Waals surface area contributed by atoms with Crippen LogP contribution in [-0.4, -0.2) is 40.0 Å². The number of carbonyl (C=O) groups is 1. The summed E-state index contributed by atoms with van der Waals surface area (Å²) in [6.45, 7) is 0.999. The van der Waals surface area contributed by atoms with Crippen molar-refractivity contribution >= 4 is 17.5 Å². The van der Waals surface area contributed by atoms with Crippen molar-refractivity contribution in [2.75, 3.05) is 13.1 Å². The summed E-state index contributed by atoms with van der Waals surface area (Å²) in [6, 6.07) is 5.43. The van der Waals surface area contributed by atoms with Crippen LogP contribution in [0.3, 0.4) is 0 Å². The number of rotatable bonds is 3. The second kappa shape index (κ2) is 6.27. The zero-order valence-corrected chi connectivity index (χ0v) is 12.3. The molecule has 1 unspecified atom stereocenters. The molecule has 1 fully saturated rings. The van der Waals surface area contributed by atoms with Crippen molar-refractivity contribution in [1.29, 1.82) is 0 Å². The molecule has 114 valence electrons. The Morgan fingerprint density at radius 2 is 2.27 bits per heavy atom. The average molecular weight is 322 g/mol. The van der Waals surface area contributed by atoms with Crippen LogP contribution in [0.25, 0.3) is 0 Å². The zero-order valence-electron chi connectivity index (χ0n) is 11.6. The molecule has 0 radical (unpaired) electrons. The number of aromatic nitrogens is 2. The molecule has 1 aliphatic heterocycles. The molecule has 1 aromatic heterocycles. The molecule has 1 amide bonds. The highest BCUT2D eigenvalue weighted by molar-refractivity contribution is 6.33. The largest absolute Gasteiger partial charge is 0.472 e. The first-order valence-corrected chi connectivity index (χ1v) is 7.18. The molecule has 0 saturated carbocycles. The van der Waals surface area contributed by atoms with Crippen LogP contribution in [0.4, 0.5) is 4.39 Å². The van der Waals surface area contributed by atoms with Gasteiger partial charge in [-0.1, -0.05) is 11.6 Å². The molecule has 1 saturated heterocycles. The number of halogens is 2. The van der Waals surface area contributed by atoms with Crippen molar-refractivity contribution in [2.24, 2.45) is 0 Å². The fraction of sp³-hybridized carbons (Fsp3) is 0.267. The number of likely N-dealkylation sites (tertiary alicyclic amines) is 1. The van der Waals surface area contributed by atoms with E-state index < -0.39 is 5.82 Å². The zero-order chi connectivity index (χ0) is 15.5. The highest BCUT2D eigenvalue weighted by Crippen LogP contribution is 2.22. The monoisotopic (exact) mass is 321 g/mol. The van der Waals surface area contributed by atoms with Crippen LogP contribution in [-0.2, 0) is 0 Å². The fourth-order valence-electron chi connectivity index (χ4n) is 2.36. The van der Waals surface area contributed by atoms with Gasteiger partial charge in [-0.25, -0.2) is 14.4 Å². The molecule has 0 spiro atoms. The van der Waals surface area contributed by atoms with Crippen LogP contribution in [0.15, 0.2) is 36.8 Å². The second-order valence-electron chi connectivity index (χ2n) is 4.95. The highest BCUT2D eigenvalue weighted by Gasteiger charge is 2.29. The van der Waals surface area contributed by atoms with E-state index in [2.05, 4.69) is 9.97 Å². The van der Waals surface area contributed by atoms with Crippen molar-refractivity contribution < 1.29 is 13.9 Å². The third kappa shape index (κ3) is 3.17. The van der Waals surface area contributed by atoms with E-state index in [-0.39, 0.29) is 17.0 Å². The van der Waals surface area contributed by atoms with Crippen LogP contribution in [0.5, 0.6) is 5.88 Å². The molecule has 5 nitrogen and oxygen atoms in total. The van der Waals surface area contributed by atoms with E-state index >= 15 is 0 Å². The Bertz CT molecular complexity index is 684. The van der Waals surface area contributed by atoms with Gasteiger partial charge in [0.25, 0.3) is 5.91 Å². The van der Waals surface area contributed by atoms with Gasteiger partial charge >= 0.3 is 0 Å². The second-order valence-corrected chi connectivity index (χ2v) is 5.36. The fourth-order valence-corrected chi connectivity index (χ4v) is 2.61. The molecule has 0 bridgehead atoms. The number of hydrogen-bond acceptors (Lipinski definition) is 4. The summed E-state index contributed by atoms with van der Waals surface area (Å²) in [6.07, 6.45) is 3.58. The predicted molar refractivity (Wildman–Crippen MR) is 78.4 cm³/mol. The number of amides is 1. The van der Waals surface area contributed by atoms with Gasteiger partial charge in [0.05, 0.1) is 17.1 Å². The van der Waals surface area contributed by atoms with Crippen LogP contribution in [0, 0.1) is 5.82 Å². The topological polar surface area (TPSA) is 55.3 Å². The molecule has 1 aliphatic rings. The van der Waals surface area contributed by atoms with Gasteiger partial charge in [-0.2, -0.15) is 0 Å². The van der Waals surface area contributed by atoms with Gasteiger partial charge in [0, 0.05) is 25.2 Å². The van der Waals surface area contributed by atoms with Crippen molar-refractivity contribution in [2.45, 2.75) is 12.5 Å². The Balaban J connectivity index is 1.66. The standard InChI is InChI=1S/C15H13ClFN3O2/c16-13-7-10(17)1-2-12(13)15(21)20-6-4-11(8-20)22-14-3-5-18-9-19-14/h1-3,5,7,9,11H,4,6,8H2. The lowest BCUT2D eigenvalue weighted by Crippen LogP contribution is -2.31. The molecule has 0 aliphatic carbocycles. The molecular formula is C15H13ClFN3O2. The van der Waals surface area contributed by atoms with E-state index in [4.69, 9.17) is 16.3 Å². The van der Waals surface area contributed by atoms with Gasteiger partial charge in [-0.05, 0) is 18.2 Å². The van der Waals surface area contributed by atoms with E-state index in [0.29, 0.717) is 31.0 Å². The SMILES string of the molecule is O=C(c1ccc(F)cc1Cl)N1CCC(Oc2ccncn2)C1. The molecule has 1 aromatic carbocycles. The Hall–Kier alpha value is -2.21. The molecular weight excluding hydrogens is 309 g/mol. The lowest BCUT2D eigenvalue weighted by molar-refractivity contribution is 0.0771. The highest BCUT2D eigenvalue weighted by atomic mass is 35.5. The molecule has 2 heterocycles. The third-order valence-electron chi connectivity index (χ3n) is 3.44. The first-order valence-electron chi connectivity index (χ1n) is 6.80. The van der Waals surface area contributed by atoms with E-state index in [1.165, 1.54) is 18.5 Å². The van der Waals surface area contributed by atoms with E-state index in [1.807, 2.05) is 0 Å². The Labute approximate surface area is 131 Å².